The summed E-state index contributed by atoms with van der Waals surface area (Å²) >= 11 is 0. The van der Waals surface area contributed by atoms with Crippen LogP contribution in [0.25, 0.3) is 0 Å². The summed E-state index contributed by atoms with van der Waals surface area (Å²) in [6.45, 7) is 5.18. The predicted octanol–water partition coefficient (Wildman–Crippen LogP) is 3.44. The van der Waals surface area contributed by atoms with E-state index < -0.39 is 0 Å². The highest BCUT2D eigenvalue weighted by atomic mass is 16.5. The first-order valence-electron chi connectivity index (χ1n) is 10.8. The van der Waals surface area contributed by atoms with E-state index in [0.29, 0.717) is 19.2 Å². The number of benzene rings is 2. The van der Waals surface area contributed by atoms with Gasteiger partial charge in [0.2, 0.25) is 0 Å². The van der Waals surface area contributed by atoms with Crippen molar-refractivity contribution in [1.82, 2.24) is 10.6 Å². The van der Waals surface area contributed by atoms with E-state index in [0.717, 1.165) is 54.7 Å². The Bertz CT molecular complexity index is 872. The van der Waals surface area contributed by atoms with Gasteiger partial charge in [0.05, 0.1) is 20.8 Å². The number of aliphatic imine (C=N–C) groups is 1. The van der Waals surface area contributed by atoms with Gasteiger partial charge in [-0.2, -0.15) is 0 Å². The standard InChI is InChI=1S/C24H34N4O3/c1-5-31-23-14-18(11-12-22(23)30-4)16-26-24(25-2)27-19-8-7-13-28(17-19)20-9-6-10-21(15-20)29-3/h6,9-12,14-15,19H,5,7-8,13,16-17H2,1-4H3,(H2,25,26,27). The zero-order valence-electron chi connectivity index (χ0n) is 19.0. The summed E-state index contributed by atoms with van der Waals surface area (Å²) in [5, 5.41) is 6.99. The van der Waals surface area contributed by atoms with E-state index in [-0.39, 0.29) is 0 Å². The Morgan fingerprint density at radius 2 is 2.00 bits per heavy atom. The van der Waals surface area contributed by atoms with E-state index in [1.165, 1.54) is 5.69 Å². The van der Waals surface area contributed by atoms with Gasteiger partial charge in [-0.15, -0.1) is 0 Å². The third kappa shape index (κ3) is 6.20. The first-order valence-corrected chi connectivity index (χ1v) is 10.8. The molecule has 0 amide bonds. The summed E-state index contributed by atoms with van der Waals surface area (Å²) in [6.07, 6.45) is 2.24. The Labute approximate surface area is 185 Å². The molecule has 1 heterocycles. The predicted molar refractivity (Wildman–Crippen MR) is 126 cm³/mol. The number of hydrogen-bond donors (Lipinski definition) is 2. The average molecular weight is 427 g/mol. The van der Waals surface area contributed by atoms with Gasteiger partial charge in [-0.25, -0.2) is 0 Å². The fourth-order valence-electron chi connectivity index (χ4n) is 3.81. The van der Waals surface area contributed by atoms with Crippen molar-refractivity contribution in [3.63, 3.8) is 0 Å². The number of ether oxygens (including phenoxy) is 3. The van der Waals surface area contributed by atoms with Crippen LogP contribution in [0.4, 0.5) is 5.69 Å². The Morgan fingerprint density at radius 1 is 1.13 bits per heavy atom. The molecular formula is C24H34N4O3. The summed E-state index contributed by atoms with van der Waals surface area (Å²) in [7, 11) is 5.16. The topological polar surface area (TPSA) is 67.4 Å². The number of piperidine rings is 1. The first-order chi connectivity index (χ1) is 15.2. The van der Waals surface area contributed by atoms with Crippen LogP contribution in [0.1, 0.15) is 25.3 Å². The Balaban J connectivity index is 1.57. The van der Waals surface area contributed by atoms with Crippen molar-refractivity contribution >= 4 is 11.6 Å². The molecule has 0 aromatic heterocycles. The van der Waals surface area contributed by atoms with Gasteiger partial charge >= 0.3 is 0 Å². The number of nitrogens with one attached hydrogen (secondary N) is 2. The van der Waals surface area contributed by atoms with Crippen molar-refractivity contribution in [3.8, 4) is 17.2 Å². The zero-order chi connectivity index (χ0) is 22.1. The van der Waals surface area contributed by atoms with Gasteiger partial charge in [0.25, 0.3) is 0 Å². The highest BCUT2D eigenvalue weighted by Gasteiger charge is 2.21. The molecule has 7 nitrogen and oxygen atoms in total. The normalized spacial score (nSPS) is 16.6. The van der Waals surface area contributed by atoms with Crippen LogP contribution < -0.4 is 29.7 Å². The summed E-state index contributed by atoms with van der Waals surface area (Å²) in [5.41, 5.74) is 2.30. The molecule has 2 aromatic carbocycles. The molecule has 3 rings (SSSR count). The van der Waals surface area contributed by atoms with Gasteiger partial charge in [-0.1, -0.05) is 12.1 Å². The van der Waals surface area contributed by atoms with Crippen molar-refractivity contribution < 1.29 is 14.2 Å². The second-order valence-corrected chi connectivity index (χ2v) is 7.47. The second-order valence-electron chi connectivity index (χ2n) is 7.47. The molecule has 1 unspecified atom stereocenters. The van der Waals surface area contributed by atoms with Crippen LogP contribution in [0.5, 0.6) is 17.2 Å². The van der Waals surface area contributed by atoms with Gasteiger partial charge in [0.1, 0.15) is 5.75 Å². The monoisotopic (exact) mass is 426 g/mol. The van der Waals surface area contributed by atoms with E-state index in [1.807, 2.05) is 37.3 Å². The van der Waals surface area contributed by atoms with Crippen LogP contribution in [0.2, 0.25) is 0 Å². The zero-order valence-corrected chi connectivity index (χ0v) is 19.0. The summed E-state index contributed by atoms with van der Waals surface area (Å²) < 4.78 is 16.4. The summed E-state index contributed by atoms with van der Waals surface area (Å²) in [5.74, 6) is 3.18. The van der Waals surface area contributed by atoms with Gasteiger partial charge in [0.15, 0.2) is 17.5 Å². The largest absolute Gasteiger partial charge is 0.497 e. The number of rotatable bonds is 8. The van der Waals surface area contributed by atoms with E-state index >= 15 is 0 Å². The third-order valence-electron chi connectivity index (χ3n) is 5.39. The number of nitrogens with zero attached hydrogens (tertiary/aromatic N) is 2. The lowest BCUT2D eigenvalue weighted by Crippen LogP contribution is -2.51. The molecule has 1 saturated heterocycles. The lowest BCUT2D eigenvalue weighted by atomic mass is 10.0. The molecule has 168 valence electrons. The highest BCUT2D eigenvalue weighted by molar-refractivity contribution is 5.80. The number of guanidine groups is 1. The maximum Gasteiger partial charge on any atom is 0.191 e. The Kier molecular flexibility index (Phi) is 8.27. The van der Waals surface area contributed by atoms with Gasteiger partial charge < -0.3 is 29.7 Å². The van der Waals surface area contributed by atoms with Gasteiger partial charge in [-0.05, 0) is 49.6 Å². The summed E-state index contributed by atoms with van der Waals surface area (Å²) in [4.78, 5) is 6.81. The average Bonchev–Trinajstić information content (AvgIpc) is 2.82. The number of hydrogen-bond acceptors (Lipinski definition) is 5. The molecule has 0 spiro atoms. The fourth-order valence-corrected chi connectivity index (χ4v) is 3.81. The first kappa shape index (κ1) is 22.6. The quantitative estimate of drug-likeness (QED) is 0.498. The van der Waals surface area contributed by atoms with E-state index in [1.54, 1.807) is 21.3 Å². The molecule has 0 aliphatic carbocycles. The minimum absolute atomic E-state index is 0.320. The highest BCUT2D eigenvalue weighted by Crippen LogP contribution is 2.28. The van der Waals surface area contributed by atoms with Crippen LogP contribution >= 0.6 is 0 Å². The fraction of sp³-hybridized carbons (Fsp3) is 0.458. The molecule has 0 radical (unpaired) electrons. The van der Waals surface area contributed by atoms with Crippen LogP contribution in [-0.2, 0) is 6.54 Å². The molecule has 1 atom stereocenters. The van der Waals surface area contributed by atoms with Crippen LogP contribution in [0.15, 0.2) is 47.5 Å². The maximum atomic E-state index is 5.68. The third-order valence-corrected chi connectivity index (χ3v) is 5.39. The van der Waals surface area contributed by atoms with Crippen molar-refractivity contribution in [3.05, 3.63) is 48.0 Å². The summed E-state index contributed by atoms with van der Waals surface area (Å²) in [6, 6.07) is 14.5. The van der Waals surface area contributed by atoms with E-state index in [4.69, 9.17) is 14.2 Å². The van der Waals surface area contributed by atoms with Crippen molar-refractivity contribution in [2.45, 2.75) is 32.4 Å². The maximum absolute atomic E-state index is 5.68. The molecule has 0 bridgehead atoms. The molecule has 0 saturated carbocycles. The molecule has 7 heteroatoms. The van der Waals surface area contributed by atoms with Crippen LogP contribution in [0, 0.1) is 0 Å². The molecule has 1 fully saturated rings. The Morgan fingerprint density at radius 3 is 2.74 bits per heavy atom. The van der Waals surface area contributed by atoms with Gasteiger partial charge in [0, 0.05) is 44.5 Å². The molecule has 1 aliphatic heterocycles. The van der Waals surface area contributed by atoms with Crippen LogP contribution in [0.3, 0.4) is 0 Å². The molecule has 2 N–H and O–H groups in total. The van der Waals surface area contributed by atoms with E-state index in [2.05, 4.69) is 32.7 Å². The Hall–Kier alpha value is -3.09. The van der Waals surface area contributed by atoms with Crippen LogP contribution in [-0.4, -0.2) is 53.0 Å². The molecular weight excluding hydrogens is 392 g/mol. The van der Waals surface area contributed by atoms with E-state index in [9.17, 15) is 0 Å². The van der Waals surface area contributed by atoms with Crippen molar-refractivity contribution in [2.24, 2.45) is 4.99 Å². The molecule has 31 heavy (non-hydrogen) atoms. The SMILES string of the molecule is CCOc1cc(CNC(=NC)NC2CCCN(c3cccc(OC)c3)C2)ccc1OC. The minimum atomic E-state index is 0.320. The lowest BCUT2D eigenvalue weighted by Gasteiger charge is -2.35. The van der Waals surface area contributed by atoms with Gasteiger partial charge in [-0.3, -0.25) is 4.99 Å². The minimum Gasteiger partial charge on any atom is -0.497 e. The smallest absolute Gasteiger partial charge is 0.191 e. The van der Waals surface area contributed by atoms with Crippen molar-refractivity contribution in [2.75, 3.05) is 45.9 Å². The lowest BCUT2D eigenvalue weighted by molar-refractivity contribution is 0.310. The second kappa shape index (κ2) is 11.3. The van der Waals surface area contributed by atoms with Crippen molar-refractivity contribution in [1.29, 1.82) is 0 Å². The number of anilines is 1. The molecule has 2 aromatic rings. The molecule has 1 aliphatic rings. The number of methoxy groups -OCH3 is 2.